The summed E-state index contributed by atoms with van der Waals surface area (Å²) in [6.45, 7) is 22.2. The lowest BCUT2D eigenvalue weighted by atomic mass is 9.74. The summed E-state index contributed by atoms with van der Waals surface area (Å²) in [4.78, 5) is 0. The standard InChI is InChI=1S/C53H62O7P2/c1-31(2)41-19-16-36-24-37-17-20-42(32(3)4)48(27-37)58-61(57-47(41)26-36)55-45-14-11-13-39-30-53(10)22-12-15-46(52(53)54-51(39)45)56-62-59-49-28-38(18-21-43(49)33(5)6)25-40-29-50(60-62)44(34(7)8)23-35(40)9/h11-16,18-21,23,26-29,31-35,37,40H,17,22,24-25,30H2,1-10H3. The molecule has 0 radical (unpaired) electrons. The molecule has 3 aliphatic heterocycles. The van der Waals surface area contributed by atoms with Gasteiger partial charge in [-0.15, -0.1) is 0 Å². The van der Waals surface area contributed by atoms with Gasteiger partial charge in [-0.3, -0.25) is 0 Å². The van der Waals surface area contributed by atoms with Crippen molar-refractivity contribution < 1.29 is 31.9 Å². The Bertz CT molecular complexity index is 2420. The summed E-state index contributed by atoms with van der Waals surface area (Å²) in [7, 11) is -3.91. The van der Waals surface area contributed by atoms with Gasteiger partial charge in [0.05, 0.1) is 0 Å². The molecule has 3 aromatic carbocycles. The predicted octanol–water partition coefficient (Wildman–Crippen LogP) is 15.4. The topological polar surface area (TPSA) is 64.6 Å². The molecule has 7 nitrogen and oxygen atoms in total. The molecule has 9 heteroatoms. The zero-order chi connectivity index (χ0) is 43.4. The highest BCUT2D eigenvalue weighted by Gasteiger charge is 2.43. The lowest BCUT2D eigenvalue weighted by Crippen LogP contribution is -2.32. The second-order valence-electron chi connectivity index (χ2n) is 19.5. The van der Waals surface area contributed by atoms with Crippen LogP contribution in [0, 0.1) is 35.0 Å². The van der Waals surface area contributed by atoms with Gasteiger partial charge in [-0.2, -0.15) is 0 Å². The molecule has 0 aromatic heterocycles. The van der Waals surface area contributed by atoms with Crippen LogP contribution in [0.3, 0.4) is 0 Å². The largest absolute Gasteiger partial charge is 0.530 e. The van der Waals surface area contributed by atoms with Crippen LogP contribution in [-0.4, -0.2) is 0 Å². The molecular weight excluding hydrogens is 811 g/mol. The second-order valence-corrected chi connectivity index (χ2v) is 21.5. The average Bonchev–Trinajstić information content (AvgIpc) is 3.20. The van der Waals surface area contributed by atoms with E-state index in [0.717, 1.165) is 77.6 Å². The quantitative estimate of drug-likeness (QED) is 0.209. The maximum Gasteiger partial charge on any atom is 0.530 e. The van der Waals surface area contributed by atoms with E-state index < -0.39 is 17.2 Å². The average molecular weight is 873 g/mol. The van der Waals surface area contributed by atoms with Gasteiger partial charge >= 0.3 is 17.2 Å². The van der Waals surface area contributed by atoms with Crippen molar-refractivity contribution in [3.63, 3.8) is 0 Å². The predicted molar refractivity (Wildman–Crippen MR) is 250 cm³/mol. The molecular formula is C53H62O7P2. The van der Waals surface area contributed by atoms with E-state index in [1.54, 1.807) is 0 Å². The van der Waals surface area contributed by atoms with Crippen LogP contribution in [-0.2, 0) is 32.8 Å². The number of allylic oxidation sites excluding steroid dienone is 9. The molecule has 62 heavy (non-hydrogen) atoms. The van der Waals surface area contributed by atoms with Gasteiger partial charge in [0, 0.05) is 5.41 Å². The minimum absolute atomic E-state index is 0.255. The SMILES string of the molecule is CC(C)C1=CC(C)C2C=C1OP(OC1=C3Oc4c(cccc4OP4OC5=CC(CC=C5C(C)C)Cc5ccc(C(C)C)c(c5)O4)CC3(C)CC=C1)Oc1cc(ccc1C(C)C)C2. The maximum atomic E-state index is 7.10. The van der Waals surface area contributed by atoms with E-state index in [0.29, 0.717) is 35.0 Å². The van der Waals surface area contributed by atoms with Gasteiger partial charge in [-0.25, -0.2) is 0 Å². The van der Waals surface area contributed by atoms with E-state index in [4.69, 9.17) is 31.9 Å². The van der Waals surface area contributed by atoms with E-state index in [1.165, 1.54) is 22.3 Å². The number of hydrogen-bond acceptors (Lipinski definition) is 7. The van der Waals surface area contributed by atoms with Crippen LogP contribution in [0.4, 0.5) is 0 Å². The van der Waals surface area contributed by atoms with E-state index >= 15 is 0 Å². The molecule has 6 atom stereocenters. The molecule has 326 valence electrons. The molecule has 6 aliphatic rings. The Balaban J connectivity index is 1.08. The minimum Gasteiger partial charge on any atom is -0.453 e. The van der Waals surface area contributed by atoms with Crippen LogP contribution in [0.25, 0.3) is 0 Å². The van der Waals surface area contributed by atoms with Crippen LogP contribution in [0.5, 0.6) is 23.0 Å². The van der Waals surface area contributed by atoms with Crippen LogP contribution < -0.4 is 18.3 Å². The minimum atomic E-state index is -1.96. The Morgan fingerprint density at radius 2 is 1.34 bits per heavy atom. The van der Waals surface area contributed by atoms with Crippen LogP contribution >= 0.6 is 17.2 Å². The summed E-state index contributed by atoms with van der Waals surface area (Å²) in [5.74, 6) is 7.90. The summed E-state index contributed by atoms with van der Waals surface area (Å²) in [5, 5.41) is 0. The molecule has 3 heterocycles. The molecule has 0 saturated carbocycles. The molecule has 0 fully saturated rings. The first-order valence-corrected chi connectivity index (χ1v) is 24.9. The van der Waals surface area contributed by atoms with Crippen LogP contribution in [0.15, 0.2) is 125 Å². The number of benzene rings is 3. The summed E-state index contributed by atoms with van der Waals surface area (Å²) in [6.07, 6.45) is 17.8. The summed E-state index contributed by atoms with van der Waals surface area (Å²) < 4.78 is 48.6. The van der Waals surface area contributed by atoms with Gasteiger partial charge in [-0.1, -0.05) is 124 Å². The number of ether oxygens (including phenoxy) is 1. The Labute approximate surface area is 371 Å². The highest BCUT2D eigenvalue weighted by molar-refractivity contribution is 7.43. The number of hydrogen-bond donors (Lipinski definition) is 0. The van der Waals surface area contributed by atoms with Gasteiger partial charge in [0.25, 0.3) is 0 Å². The molecule has 0 saturated heterocycles. The highest BCUT2D eigenvalue weighted by atomic mass is 31.2. The van der Waals surface area contributed by atoms with Crippen LogP contribution in [0.1, 0.15) is 122 Å². The number of rotatable bonds is 8. The Morgan fingerprint density at radius 3 is 2.00 bits per heavy atom. The molecule has 8 bridgehead atoms. The molecule has 3 aliphatic carbocycles. The summed E-state index contributed by atoms with van der Waals surface area (Å²) >= 11 is 0. The zero-order valence-corrected chi connectivity index (χ0v) is 39.8. The Hall–Kier alpha value is -4.44. The third kappa shape index (κ3) is 8.61. The van der Waals surface area contributed by atoms with E-state index in [1.807, 2.05) is 18.2 Å². The normalized spacial score (nSPS) is 26.3. The molecule has 0 spiro atoms. The molecule has 3 aromatic rings. The summed E-state index contributed by atoms with van der Waals surface area (Å²) in [6, 6.07) is 19.4. The van der Waals surface area contributed by atoms with Crippen molar-refractivity contribution in [1.29, 1.82) is 0 Å². The van der Waals surface area contributed by atoms with E-state index in [2.05, 4.69) is 142 Å². The Morgan fingerprint density at radius 1 is 0.694 bits per heavy atom. The summed E-state index contributed by atoms with van der Waals surface area (Å²) in [5.41, 5.74) is 7.79. The number of fused-ring (bicyclic) bond motifs is 8. The van der Waals surface area contributed by atoms with Crippen molar-refractivity contribution in [2.24, 2.45) is 35.0 Å². The van der Waals surface area contributed by atoms with E-state index in [-0.39, 0.29) is 29.1 Å². The fraction of sp³-hybridized carbons (Fsp3) is 0.434. The lowest BCUT2D eigenvalue weighted by Gasteiger charge is -2.39. The highest BCUT2D eigenvalue weighted by Crippen LogP contribution is 2.57. The van der Waals surface area contributed by atoms with Crippen molar-refractivity contribution in [1.82, 2.24) is 0 Å². The van der Waals surface area contributed by atoms with Gasteiger partial charge in [-0.05, 0) is 149 Å². The molecule has 6 unspecified atom stereocenters. The van der Waals surface area contributed by atoms with Crippen molar-refractivity contribution in [3.8, 4) is 23.0 Å². The van der Waals surface area contributed by atoms with Gasteiger partial charge in [0.2, 0.25) is 0 Å². The molecule has 0 amide bonds. The smallest absolute Gasteiger partial charge is 0.453 e. The number of para-hydroxylation sites is 1. The van der Waals surface area contributed by atoms with Gasteiger partial charge in [0.15, 0.2) is 23.0 Å². The van der Waals surface area contributed by atoms with Crippen molar-refractivity contribution in [2.75, 3.05) is 0 Å². The first-order chi connectivity index (χ1) is 29.7. The van der Waals surface area contributed by atoms with Crippen molar-refractivity contribution in [3.05, 3.63) is 153 Å². The van der Waals surface area contributed by atoms with Gasteiger partial charge < -0.3 is 31.9 Å². The fourth-order valence-electron chi connectivity index (χ4n) is 9.63. The third-order valence-electron chi connectivity index (χ3n) is 13.2. The van der Waals surface area contributed by atoms with Gasteiger partial charge in [0.1, 0.15) is 23.0 Å². The fourth-order valence-corrected chi connectivity index (χ4v) is 11.8. The molecule has 9 rings (SSSR count). The zero-order valence-electron chi connectivity index (χ0n) is 38.0. The Kier molecular flexibility index (Phi) is 11.9. The van der Waals surface area contributed by atoms with Crippen molar-refractivity contribution in [2.45, 2.75) is 113 Å². The maximum absolute atomic E-state index is 7.10. The lowest BCUT2D eigenvalue weighted by molar-refractivity contribution is 0.188. The monoisotopic (exact) mass is 872 g/mol. The first kappa shape index (κ1) is 42.8. The molecule has 0 N–H and O–H groups in total. The third-order valence-corrected chi connectivity index (χ3v) is 15.3. The first-order valence-electron chi connectivity index (χ1n) is 22.7. The van der Waals surface area contributed by atoms with Crippen molar-refractivity contribution >= 4 is 17.2 Å². The second kappa shape index (κ2) is 17.3. The van der Waals surface area contributed by atoms with Crippen LogP contribution in [0.2, 0.25) is 0 Å². The van der Waals surface area contributed by atoms with E-state index in [9.17, 15) is 0 Å².